The van der Waals surface area contributed by atoms with Crippen LogP contribution in [0, 0.1) is 0 Å². The van der Waals surface area contributed by atoms with Gasteiger partial charge in [0.1, 0.15) is 0 Å². The smallest absolute Gasteiger partial charge is 0.220 e. The van der Waals surface area contributed by atoms with Crippen molar-refractivity contribution in [2.24, 2.45) is 0 Å². The van der Waals surface area contributed by atoms with Gasteiger partial charge in [0.2, 0.25) is 5.91 Å². The fraction of sp³-hybridized carbons (Fsp3) is 0.717. The van der Waals surface area contributed by atoms with E-state index in [1.54, 1.807) is 0 Å². The second kappa shape index (κ2) is 41.3. The lowest BCUT2D eigenvalue weighted by Crippen LogP contribution is -2.45. The van der Waals surface area contributed by atoms with Gasteiger partial charge in [-0.3, -0.25) is 4.79 Å². The molecule has 0 saturated heterocycles. The fourth-order valence-corrected chi connectivity index (χ4v) is 6.01. The third kappa shape index (κ3) is 37.1. The summed E-state index contributed by atoms with van der Waals surface area (Å²) in [5.74, 6) is -0.0450. The number of nitrogens with one attached hydrogen (secondary N) is 1. The van der Waals surface area contributed by atoms with Crippen LogP contribution >= 0.6 is 0 Å². The zero-order chi connectivity index (χ0) is 36.4. The molecule has 0 fully saturated rings. The molecule has 0 aromatic carbocycles. The van der Waals surface area contributed by atoms with Crippen molar-refractivity contribution in [2.45, 2.75) is 206 Å². The first kappa shape index (κ1) is 47.8. The fourth-order valence-electron chi connectivity index (χ4n) is 6.01. The number of hydrogen-bond donors (Lipinski definition) is 3. The van der Waals surface area contributed by atoms with E-state index in [0.29, 0.717) is 12.8 Å². The Bertz CT molecular complexity index is 884. The van der Waals surface area contributed by atoms with Gasteiger partial charge >= 0.3 is 0 Å². The predicted octanol–water partition coefficient (Wildman–Crippen LogP) is 13.1. The molecular formula is C46H81NO3. The van der Waals surface area contributed by atoms with E-state index in [4.69, 9.17) is 0 Å². The molecule has 0 radical (unpaired) electrons. The average molecular weight is 696 g/mol. The molecule has 2 unspecified atom stereocenters. The first-order valence-corrected chi connectivity index (χ1v) is 21.1. The highest BCUT2D eigenvalue weighted by atomic mass is 16.3. The van der Waals surface area contributed by atoms with Crippen molar-refractivity contribution in [3.05, 3.63) is 72.9 Å². The van der Waals surface area contributed by atoms with E-state index in [9.17, 15) is 15.0 Å². The van der Waals surface area contributed by atoms with Gasteiger partial charge in [-0.25, -0.2) is 0 Å². The molecule has 0 aliphatic carbocycles. The Hall–Kier alpha value is -2.17. The largest absolute Gasteiger partial charge is 0.394 e. The Morgan fingerprint density at radius 1 is 0.500 bits per heavy atom. The molecule has 0 saturated carbocycles. The molecule has 0 aromatic heterocycles. The molecule has 4 nitrogen and oxygen atoms in total. The molecule has 50 heavy (non-hydrogen) atoms. The molecule has 0 aliphatic heterocycles. The topological polar surface area (TPSA) is 69.6 Å². The summed E-state index contributed by atoms with van der Waals surface area (Å²) >= 11 is 0. The van der Waals surface area contributed by atoms with Gasteiger partial charge in [-0.1, -0.05) is 196 Å². The van der Waals surface area contributed by atoms with Crippen LogP contribution in [0.3, 0.4) is 0 Å². The number of unbranched alkanes of at least 4 members (excludes halogenated alkanes) is 18. The Balaban J connectivity index is 3.59. The molecule has 0 spiro atoms. The lowest BCUT2D eigenvalue weighted by atomic mass is 10.0. The number of rotatable bonds is 37. The van der Waals surface area contributed by atoms with Crippen LogP contribution in [0.1, 0.15) is 194 Å². The molecule has 1 amide bonds. The molecule has 3 N–H and O–H groups in total. The highest BCUT2D eigenvalue weighted by Crippen LogP contribution is 2.14. The van der Waals surface area contributed by atoms with Crippen molar-refractivity contribution >= 4 is 5.91 Å². The highest BCUT2D eigenvalue weighted by Gasteiger charge is 2.19. The van der Waals surface area contributed by atoms with Crippen molar-refractivity contribution < 1.29 is 15.0 Å². The second-order valence-corrected chi connectivity index (χ2v) is 14.0. The Labute approximate surface area is 310 Å². The maximum absolute atomic E-state index is 12.4. The van der Waals surface area contributed by atoms with Crippen LogP contribution in [-0.2, 0) is 4.79 Å². The summed E-state index contributed by atoms with van der Waals surface area (Å²) in [4.78, 5) is 12.4. The third-order valence-electron chi connectivity index (χ3n) is 9.23. The van der Waals surface area contributed by atoms with Gasteiger partial charge in [-0.2, -0.15) is 0 Å². The van der Waals surface area contributed by atoms with Crippen molar-refractivity contribution in [1.29, 1.82) is 0 Å². The standard InChI is InChI=1S/C46H81NO3/c1-3-5-7-9-11-13-15-16-17-18-19-20-21-22-23-24-25-26-27-28-29-30-32-34-36-38-40-42-46(50)47-44(43-48)45(49)41-39-37-35-33-31-14-12-10-8-6-4-2/h5,7,11,13,16-17,19-20,22-23,25-26,44-45,48-49H,3-4,6,8-10,12,14-15,18,21,24,27-43H2,1-2H3,(H,47,50)/b7-5-,13-11-,17-16-,20-19-,23-22-,26-25-. The molecule has 4 heteroatoms. The summed E-state index contributed by atoms with van der Waals surface area (Å²) in [5.41, 5.74) is 0. The van der Waals surface area contributed by atoms with E-state index < -0.39 is 12.1 Å². The highest BCUT2D eigenvalue weighted by molar-refractivity contribution is 5.76. The molecule has 0 aromatic rings. The summed E-state index contributed by atoms with van der Waals surface area (Å²) in [7, 11) is 0. The van der Waals surface area contributed by atoms with Crippen LogP contribution in [0.15, 0.2) is 72.9 Å². The first-order chi connectivity index (χ1) is 24.7. The quantitative estimate of drug-likeness (QED) is 0.0447. The summed E-state index contributed by atoms with van der Waals surface area (Å²) < 4.78 is 0. The maximum atomic E-state index is 12.4. The molecule has 0 bridgehead atoms. The molecule has 0 aliphatic rings. The van der Waals surface area contributed by atoms with E-state index >= 15 is 0 Å². The van der Waals surface area contributed by atoms with E-state index in [-0.39, 0.29) is 12.5 Å². The minimum atomic E-state index is -0.665. The first-order valence-electron chi connectivity index (χ1n) is 21.1. The zero-order valence-electron chi connectivity index (χ0n) is 32.9. The number of aliphatic hydroxyl groups excluding tert-OH is 2. The molecule has 288 valence electrons. The maximum Gasteiger partial charge on any atom is 0.220 e. The van der Waals surface area contributed by atoms with Gasteiger partial charge in [0, 0.05) is 6.42 Å². The molecular weight excluding hydrogens is 615 g/mol. The summed E-state index contributed by atoms with van der Waals surface area (Å²) in [5, 5.41) is 23.1. The van der Waals surface area contributed by atoms with Crippen molar-refractivity contribution in [3.63, 3.8) is 0 Å². The Morgan fingerprint density at radius 3 is 1.32 bits per heavy atom. The summed E-state index contributed by atoms with van der Waals surface area (Å²) in [6, 6.07) is -0.543. The van der Waals surface area contributed by atoms with Gasteiger partial charge in [-0.05, 0) is 64.2 Å². The third-order valence-corrected chi connectivity index (χ3v) is 9.23. The summed E-state index contributed by atoms with van der Waals surface area (Å²) in [6.07, 6.45) is 58.3. The second-order valence-electron chi connectivity index (χ2n) is 14.0. The van der Waals surface area contributed by atoms with Gasteiger partial charge in [0.05, 0.1) is 18.8 Å². The lowest BCUT2D eigenvalue weighted by Gasteiger charge is -2.22. The average Bonchev–Trinajstić information content (AvgIpc) is 3.12. The van der Waals surface area contributed by atoms with Crippen molar-refractivity contribution in [1.82, 2.24) is 5.32 Å². The van der Waals surface area contributed by atoms with Gasteiger partial charge in [0.15, 0.2) is 0 Å². The van der Waals surface area contributed by atoms with Gasteiger partial charge in [-0.15, -0.1) is 0 Å². The number of allylic oxidation sites excluding steroid dienone is 12. The molecule has 0 heterocycles. The number of amides is 1. The zero-order valence-corrected chi connectivity index (χ0v) is 32.9. The minimum absolute atomic E-state index is 0.0450. The number of aliphatic hydroxyl groups is 2. The summed E-state index contributed by atoms with van der Waals surface area (Å²) in [6.45, 7) is 4.22. The van der Waals surface area contributed by atoms with E-state index in [1.807, 2.05) is 0 Å². The Morgan fingerprint density at radius 2 is 0.880 bits per heavy atom. The van der Waals surface area contributed by atoms with Gasteiger partial charge in [0.25, 0.3) is 0 Å². The molecule has 2 atom stereocenters. The minimum Gasteiger partial charge on any atom is -0.394 e. The van der Waals surface area contributed by atoms with Crippen LogP contribution in [0.4, 0.5) is 0 Å². The van der Waals surface area contributed by atoms with Crippen LogP contribution < -0.4 is 5.32 Å². The van der Waals surface area contributed by atoms with E-state index in [2.05, 4.69) is 92.1 Å². The lowest BCUT2D eigenvalue weighted by molar-refractivity contribution is -0.123. The van der Waals surface area contributed by atoms with E-state index in [1.165, 1.54) is 103 Å². The normalized spacial score (nSPS) is 13.8. The van der Waals surface area contributed by atoms with E-state index in [0.717, 1.165) is 64.2 Å². The number of carbonyl (C=O) groups excluding carboxylic acids is 1. The van der Waals surface area contributed by atoms with Crippen LogP contribution in [0.2, 0.25) is 0 Å². The van der Waals surface area contributed by atoms with Crippen molar-refractivity contribution in [3.8, 4) is 0 Å². The monoisotopic (exact) mass is 696 g/mol. The number of carbonyl (C=O) groups is 1. The number of hydrogen-bond acceptors (Lipinski definition) is 3. The molecule has 0 rings (SSSR count). The van der Waals surface area contributed by atoms with Crippen LogP contribution in [0.25, 0.3) is 0 Å². The Kier molecular flexibility index (Phi) is 39.5. The van der Waals surface area contributed by atoms with Crippen LogP contribution in [0.5, 0.6) is 0 Å². The van der Waals surface area contributed by atoms with Gasteiger partial charge < -0.3 is 15.5 Å². The van der Waals surface area contributed by atoms with Crippen LogP contribution in [-0.4, -0.2) is 34.9 Å². The predicted molar refractivity (Wildman–Crippen MR) is 220 cm³/mol. The van der Waals surface area contributed by atoms with Crippen molar-refractivity contribution in [2.75, 3.05) is 6.61 Å². The SMILES string of the molecule is CC/C=C\C/C=C\C/C=C\C/C=C\C/C=C\C/C=C\CCCCCCCCCCC(=O)NC(CO)C(O)CCCCCCCCCCCCC.